The number of carboxylic acids is 1. The van der Waals surface area contributed by atoms with Gasteiger partial charge in [-0.1, -0.05) is 6.92 Å². The lowest BCUT2D eigenvalue weighted by molar-refractivity contribution is -0.141. The van der Waals surface area contributed by atoms with Crippen molar-refractivity contribution in [2.45, 2.75) is 44.9 Å². The largest absolute Gasteiger partial charge is 0.480 e. The molecule has 1 rings (SSSR count). The molecule has 20 heavy (non-hydrogen) atoms. The number of urea groups is 1. The molecule has 0 aliphatic carbocycles. The molecule has 0 radical (unpaired) electrons. The van der Waals surface area contributed by atoms with E-state index < -0.39 is 24.1 Å². The molecular weight excluding hydrogens is 262 g/mol. The van der Waals surface area contributed by atoms with Crippen LogP contribution in [0.4, 0.5) is 4.79 Å². The standard InChI is InChI=1S/C13H25N3O4/c1-4-16-7-5-6-10(16)8-15(3)13(20)14-11(9(2)17)12(18)19/h9-11,17H,4-8H2,1-3H3,(H,14,20)(H,18,19). The van der Waals surface area contributed by atoms with Crippen molar-refractivity contribution in [3.63, 3.8) is 0 Å². The van der Waals surface area contributed by atoms with Gasteiger partial charge in [0.05, 0.1) is 6.10 Å². The van der Waals surface area contributed by atoms with E-state index in [1.54, 1.807) is 7.05 Å². The van der Waals surface area contributed by atoms with Crippen LogP contribution in [0.25, 0.3) is 0 Å². The Bertz CT molecular complexity index is 349. The number of likely N-dealkylation sites (tertiary alicyclic amines) is 1. The van der Waals surface area contributed by atoms with Gasteiger partial charge in [-0.2, -0.15) is 0 Å². The van der Waals surface area contributed by atoms with Crippen molar-refractivity contribution in [1.29, 1.82) is 0 Å². The Balaban J connectivity index is 2.52. The minimum absolute atomic E-state index is 0.325. The van der Waals surface area contributed by atoms with Crippen molar-refractivity contribution >= 4 is 12.0 Å². The summed E-state index contributed by atoms with van der Waals surface area (Å²) in [5, 5.41) is 20.6. The molecule has 0 spiro atoms. The maximum absolute atomic E-state index is 12.0. The molecule has 3 N–H and O–H groups in total. The Labute approximate surface area is 119 Å². The number of aliphatic carboxylic acids is 1. The molecule has 116 valence electrons. The summed E-state index contributed by atoms with van der Waals surface area (Å²) >= 11 is 0. The summed E-state index contributed by atoms with van der Waals surface area (Å²) in [5.41, 5.74) is 0. The summed E-state index contributed by atoms with van der Waals surface area (Å²) in [5.74, 6) is -1.24. The Morgan fingerprint density at radius 3 is 2.65 bits per heavy atom. The van der Waals surface area contributed by atoms with Crippen molar-refractivity contribution in [1.82, 2.24) is 15.1 Å². The molecule has 0 aromatic heterocycles. The molecule has 0 aromatic carbocycles. The zero-order valence-electron chi connectivity index (χ0n) is 12.4. The lowest BCUT2D eigenvalue weighted by Crippen LogP contribution is -2.53. The van der Waals surface area contributed by atoms with E-state index >= 15 is 0 Å². The first kappa shape index (κ1) is 16.7. The summed E-state index contributed by atoms with van der Waals surface area (Å²) in [6.07, 6.45) is 1.03. The third-order valence-corrected chi connectivity index (χ3v) is 3.76. The second kappa shape index (κ2) is 7.44. The molecule has 0 bridgehead atoms. The normalized spacial score (nSPS) is 22.3. The van der Waals surface area contributed by atoms with E-state index in [9.17, 15) is 14.7 Å². The summed E-state index contributed by atoms with van der Waals surface area (Å²) in [6.45, 7) is 5.99. The van der Waals surface area contributed by atoms with Crippen LogP contribution in [0.2, 0.25) is 0 Å². The third kappa shape index (κ3) is 4.35. The molecule has 1 fully saturated rings. The molecule has 3 atom stereocenters. The van der Waals surface area contributed by atoms with E-state index in [4.69, 9.17) is 5.11 Å². The number of rotatable bonds is 6. The monoisotopic (exact) mass is 287 g/mol. The first-order valence-electron chi connectivity index (χ1n) is 7.03. The molecule has 3 unspecified atom stereocenters. The van der Waals surface area contributed by atoms with Gasteiger partial charge in [0.2, 0.25) is 0 Å². The van der Waals surface area contributed by atoms with Crippen LogP contribution in [-0.2, 0) is 4.79 Å². The highest BCUT2D eigenvalue weighted by Crippen LogP contribution is 2.17. The molecule has 1 heterocycles. The number of carboxylic acid groups (broad SMARTS) is 1. The predicted octanol–water partition coefficient (Wildman–Crippen LogP) is -0.0539. The van der Waals surface area contributed by atoms with Gasteiger partial charge in [0.15, 0.2) is 6.04 Å². The van der Waals surface area contributed by atoms with E-state index in [0.717, 1.165) is 25.9 Å². The number of aliphatic hydroxyl groups is 1. The molecule has 0 aromatic rings. The number of nitrogens with zero attached hydrogens (tertiary/aromatic N) is 2. The van der Waals surface area contributed by atoms with E-state index in [1.807, 2.05) is 0 Å². The van der Waals surface area contributed by atoms with Gasteiger partial charge in [-0.05, 0) is 32.9 Å². The van der Waals surface area contributed by atoms with Gasteiger partial charge in [0, 0.05) is 19.6 Å². The van der Waals surface area contributed by atoms with Gasteiger partial charge in [0.25, 0.3) is 0 Å². The van der Waals surface area contributed by atoms with Crippen LogP contribution < -0.4 is 5.32 Å². The van der Waals surface area contributed by atoms with Gasteiger partial charge < -0.3 is 20.4 Å². The third-order valence-electron chi connectivity index (χ3n) is 3.76. The second-order valence-corrected chi connectivity index (χ2v) is 5.31. The van der Waals surface area contributed by atoms with Crippen LogP contribution in [0, 0.1) is 0 Å². The van der Waals surface area contributed by atoms with Crippen molar-refractivity contribution in [2.75, 3.05) is 26.7 Å². The predicted molar refractivity (Wildman–Crippen MR) is 74.5 cm³/mol. The van der Waals surface area contributed by atoms with Gasteiger partial charge in [-0.3, -0.25) is 4.90 Å². The zero-order valence-corrected chi connectivity index (χ0v) is 12.4. The van der Waals surface area contributed by atoms with E-state index in [0.29, 0.717) is 12.6 Å². The van der Waals surface area contributed by atoms with Crippen LogP contribution >= 0.6 is 0 Å². The molecular formula is C13H25N3O4. The maximum Gasteiger partial charge on any atom is 0.328 e. The fourth-order valence-electron chi connectivity index (χ4n) is 2.55. The van der Waals surface area contributed by atoms with Crippen LogP contribution in [0.3, 0.4) is 0 Å². The first-order chi connectivity index (χ1) is 9.36. The summed E-state index contributed by atoms with van der Waals surface area (Å²) in [7, 11) is 1.64. The highest BCUT2D eigenvalue weighted by molar-refractivity contribution is 5.82. The highest BCUT2D eigenvalue weighted by atomic mass is 16.4. The van der Waals surface area contributed by atoms with Crippen LogP contribution in [-0.4, -0.2) is 76.9 Å². The minimum Gasteiger partial charge on any atom is -0.480 e. The lowest BCUT2D eigenvalue weighted by Gasteiger charge is -2.29. The van der Waals surface area contributed by atoms with Gasteiger partial charge in [0.1, 0.15) is 0 Å². The Morgan fingerprint density at radius 2 is 2.15 bits per heavy atom. The Hall–Kier alpha value is -1.34. The van der Waals surface area contributed by atoms with Crippen LogP contribution in [0.15, 0.2) is 0 Å². The number of hydrogen-bond donors (Lipinski definition) is 3. The van der Waals surface area contributed by atoms with Crippen molar-refractivity contribution < 1.29 is 19.8 Å². The molecule has 7 heteroatoms. The van der Waals surface area contributed by atoms with Crippen LogP contribution in [0.1, 0.15) is 26.7 Å². The van der Waals surface area contributed by atoms with Crippen molar-refractivity contribution in [2.24, 2.45) is 0 Å². The molecule has 2 amide bonds. The number of hydrogen-bond acceptors (Lipinski definition) is 4. The quantitative estimate of drug-likeness (QED) is 0.637. The summed E-state index contributed by atoms with van der Waals surface area (Å²) in [6, 6.07) is -1.43. The maximum atomic E-state index is 12.0. The second-order valence-electron chi connectivity index (χ2n) is 5.31. The molecule has 1 aliphatic rings. The summed E-state index contributed by atoms with van der Waals surface area (Å²) in [4.78, 5) is 26.7. The average Bonchev–Trinajstić information content (AvgIpc) is 2.81. The number of aliphatic hydroxyl groups excluding tert-OH is 1. The highest BCUT2D eigenvalue weighted by Gasteiger charge is 2.29. The fourth-order valence-corrected chi connectivity index (χ4v) is 2.55. The number of carbonyl (C=O) groups is 2. The molecule has 0 saturated carbocycles. The van der Waals surface area contributed by atoms with E-state index in [2.05, 4.69) is 17.1 Å². The molecule has 1 aliphatic heterocycles. The van der Waals surface area contributed by atoms with E-state index in [-0.39, 0.29) is 0 Å². The zero-order chi connectivity index (χ0) is 15.3. The number of nitrogens with one attached hydrogen (secondary N) is 1. The smallest absolute Gasteiger partial charge is 0.328 e. The van der Waals surface area contributed by atoms with Crippen molar-refractivity contribution in [3.8, 4) is 0 Å². The number of amides is 2. The minimum atomic E-state index is -1.28. The molecule has 7 nitrogen and oxygen atoms in total. The summed E-state index contributed by atoms with van der Waals surface area (Å²) < 4.78 is 0. The van der Waals surface area contributed by atoms with E-state index in [1.165, 1.54) is 11.8 Å². The lowest BCUT2D eigenvalue weighted by atomic mass is 10.2. The number of carbonyl (C=O) groups excluding carboxylic acids is 1. The van der Waals surface area contributed by atoms with Gasteiger partial charge in [-0.25, -0.2) is 9.59 Å². The van der Waals surface area contributed by atoms with Crippen LogP contribution in [0.5, 0.6) is 0 Å². The van der Waals surface area contributed by atoms with Gasteiger partial charge in [-0.15, -0.1) is 0 Å². The first-order valence-corrected chi connectivity index (χ1v) is 7.03. The topological polar surface area (TPSA) is 93.1 Å². The SMILES string of the molecule is CCN1CCCC1CN(C)C(=O)NC(C(=O)O)C(C)O. The average molecular weight is 287 g/mol. The molecule has 1 saturated heterocycles. The Morgan fingerprint density at radius 1 is 1.50 bits per heavy atom. The Kier molecular flexibility index (Phi) is 6.22. The van der Waals surface area contributed by atoms with Gasteiger partial charge >= 0.3 is 12.0 Å². The van der Waals surface area contributed by atoms with Crippen molar-refractivity contribution in [3.05, 3.63) is 0 Å². The fraction of sp³-hybridized carbons (Fsp3) is 0.846. The number of likely N-dealkylation sites (N-methyl/N-ethyl adjacent to an activating group) is 2.